The number of ether oxygens (including phenoxy) is 1. The van der Waals surface area contributed by atoms with Gasteiger partial charge in [0.2, 0.25) is 0 Å². The van der Waals surface area contributed by atoms with Gasteiger partial charge in [0, 0.05) is 32.6 Å². The van der Waals surface area contributed by atoms with Crippen molar-refractivity contribution < 1.29 is 17.5 Å². The fourth-order valence-electron chi connectivity index (χ4n) is 2.97. The first kappa shape index (κ1) is 24.1. The van der Waals surface area contributed by atoms with Crippen molar-refractivity contribution in [3.05, 3.63) is 35.6 Å². The molecular weight excluding hydrogens is 484 g/mol. The Hall–Kier alpha value is -0.940. The fraction of sp³-hybridized carbons (Fsp3) is 0.611. The van der Waals surface area contributed by atoms with Crippen LogP contribution < -0.4 is 10.6 Å². The lowest BCUT2D eigenvalue weighted by atomic mass is 9.99. The third kappa shape index (κ3) is 7.19. The molecular formula is C18H29FIN3O3S. The summed E-state index contributed by atoms with van der Waals surface area (Å²) in [5.41, 5.74) is 0.894. The van der Waals surface area contributed by atoms with E-state index in [2.05, 4.69) is 15.6 Å². The molecule has 1 heterocycles. The second kappa shape index (κ2) is 11.2. The topological polar surface area (TPSA) is 79.8 Å². The summed E-state index contributed by atoms with van der Waals surface area (Å²) in [5.74, 6) is 0.316. The smallest absolute Gasteiger partial charge is 0.191 e. The van der Waals surface area contributed by atoms with Crippen LogP contribution in [0.3, 0.4) is 0 Å². The Balaban J connectivity index is 0.00000364. The molecule has 154 valence electrons. The van der Waals surface area contributed by atoms with Crippen molar-refractivity contribution in [1.82, 2.24) is 10.6 Å². The van der Waals surface area contributed by atoms with E-state index < -0.39 is 14.6 Å². The van der Waals surface area contributed by atoms with E-state index in [1.165, 1.54) is 18.4 Å². The molecule has 0 saturated carbocycles. The maximum atomic E-state index is 13.2. The Labute approximate surface area is 178 Å². The van der Waals surface area contributed by atoms with E-state index in [0.717, 1.165) is 5.56 Å². The van der Waals surface area contributed by atoms with Crippen LogP contribution in [0.4, 0.5) is 4.39 Å². The molecule has 1 aliphatic heterocycles. The number of guanidine groups is 1. The van der Waals surface area contributed by atoms with Crippen LogP contribution in [0.1, 0.15) is 25.3 Å². The average molecular weight is 513 g/mol. The van der Waals surface area contributed by atoms with Gasteiger partial charge in [0.05, 0.1) is 11.3 Å². The standard InChI is InChI=1S/C18H28FN3O3S.HI/c1-3-20-17(21-10-7-15-5-4-6-16(19)13-15)22-14-18(26(2,23)24)8-11-25-12-9-18;/h4-6,13H,3,7-12,14H2,1-2H3,(H2,20,21,22);1H. The van der Waals surface area contributed by atoms with E-state index in [1.54, 1.807) is 6.07 Å². The summed E-state index contributed by atoms with van der Waals surface area (Å²) >= 11 is 0. The Morgan fingerprint density at radius 2 is 2.00 bits per heavy atom. The molecule has 0 aliphatic carbocycles. The van der Waals surface area contributed by atoms with E-state index in [9.17, 15) is 12.8 Å². The van der Waals surface area contributed by atoms with Crippen LogP contribution in [0.15, 0.2) is 29.3 Å². The van der Waals surface area contributed by atoms with Crippen molar-refractivity contribution in [1.29, 1.82) is 0 Å². The monoisotopic (exact) mass is 513 g/mol. The van der Waals surface area contributed by atoms with Crippen molar-refractivity contribution in [3.8, 4) is 0 Å². The van der Waals surface area contributed by atoms with E-state index in [-0.39, 0.29) is 36.3 Å². The summed E-state index contributed by atoms with van der Waals surface area (Å²) in [4.78, 5) is 4.51. The summed E-state index contributed by atoms with van der Waals surface area (Å²) in [6, 6.07) is 6.48. The Bertz CT molecular complexity index is 722. The SMILES string of the molecule is CCNC(=NCC1(S(C)(=O)=O)CCOCC1)NCCc1cccc(F)c1.I. The van der Waals surface area contributed by atoms with Gasteiger partial charge >= 0.3 is 0 Å². The van der Waals surface area contributed by atoms with Gasteiger partial charge in [-0.2, -0.15) is 0 Å². The van der Waals surface area contributed by atoms with Crippen molar-refractivity contribution in [2.75, 3.05) is 39.1 Å². The second-order valence-corrected chi connectivity index (χ2v) is 8.98. The van der Waals surface area contributed by atoms with E-state index in [0.29, 0.717) is 51.5 Å². The molecule has 2 N–H and O–H groups in total. The minimum Gasteiger partial charge on any atom is -0.381 e. The highest BCUT2D eigenvalue weighted by molar-refractivity contribution is 14.0. The Kier molecular flexibility index (Phi) is 9.96. The van der Waals surface area contributed by atoms with E-state index >= 15 is 0 Å². The first-order valence-corrected chi connectivity index (χ1v) is 10.8. The molecule has 1 saturated heterocycles. The number of halogens is 2. The van der Waals surface area contributed by atoms with Crippen molar-refractivity contribution in [3.63, 3.8) is 0 Å². The normalized spacial score (nSPS) is 17.1. The first-order valence-electron chi connectivity index (χ1n) is 8.90. The quantitative estimate of drug-likeness (QED) is 0.332. The number of aliphatic imine (C=N–C) groups is 1. The number of benzene rings is 1. The molecule has 1 aromatic rings. The van der Waals surface area contributed by atoms with Gasteiger partial charge in [-0.15, -0.1) is 24.0 Å². The summed E-state index contributed by atoms with van der Waals surface area (Å²) < 4.78 is 42.3. The fourth-order valence-corrected chi connectivity index (χ4v) is 4.18. The lowest BCUT2D eigenvalue weighted by Gasteiger charge is -2.34. The Morgan fingerprint density at radius 3 is 2.59 bits per heavy atom. The third-order valence-electron chi connectivity index (χ3n) is 4.66. The van der Waals surface area contributed by atoms with Gasteiger partial charge in [-0.05, 0) is 43.9 Å². The molecule has 6 nitrogen and oxygen atoms in total. The lowest BCUT2D eigenvalue weighted by molar-refractivity contribution is 0.0768. The molecule has 0 radical (unpaired) electrons. The predicted octanol–water partition coefficient (Wildman–Crippen LogP) is 2.14. The van der Waals surface area contributed by atoms with E-state index in [4.69, 9.17) is 4.74 Å². The van der Waals surface area contributed by atoms with Gasteiger partial charge in [-0.1, -0.05) is 12.1 Å². The number of hydrogen-bond acceptors (Lipinski definition) is 4. The first-order chi connectivity index (χ1) is 12.4. The highest BCUT2D eigenvalue weighted by Gasteiger charge is 2.42. The number of nitrogens with one attached hydrogen (secondary N) is 2. The summed E-state index contributed by atoms with van der Waals surface area (Å²) in [7, 11) is -3.25. The minimum atomic E-state index is -3.25. The Morgan fingerprint density at radius 1 is 1.30 bits per heavy atom. The van der Waals surface area contributed by atoms with Crippen molar-refractivity contribution >= 4 is 39.8 Å². The highest BCUT2D eigenvalue weighted by atomic mass is 127. The van der Waals surface area contributed by atoms with Crippen LogP contribution in [-0.2, 0) is 21.0 Å². The number of nitrogens with zero attached hydrogens (tertiary/aromatic N) is 1. The zero-order valence-corrected chi connectivity index (χ0v) is 19.0. The molecule has 0 unspecified atom stereocenters. The summed E-state index contributed by atoms with van der Waals surface area (Å²) in [6.07, 6.45) is 2.83. The van der Waals surface area contributed by atoms with Gasteiger partial charge in [-0.25, -0.2) is 12.8 Å². The van der Waals surface area contributed by atoms with Crippen LogP contribution in [0, 0.1) is 5.82 Å². The van der Waals surface area contributed by atoms with Gasteiger partial charge < -0.3 is 15.4 Å². The van der Waals surface area contributed by atoms with E-state index in [1.807, 2.05) is 13.0 Å². The maximum Gasteiger partial charge on any atom is 0.191 e. The largest absolute Gasteiger partial charge is 0.381 e. The molecule has 0 amide bonds. The van der Waals surface area contributed by atoms with Crippen molar-refractivity contribution in [2.45, 2.75) is 30.9 Å². The summed E-state index contributed by atoms with van der Waals surface area (Å²) in [5, 5.41) is 6.31. The molecule has 2 rings (SSSR count). The number of sulfone groups is 1. The molecule has 1 aromatic carbocycles. The molecule has 0 atom stereocenters. The van der Waals surface area contributed by atoms with Gasteiger partial charge in [0.15, 0.2) is 15.8 Å². The lowest BCUT2D eigenvalue weighted by Crippen LogP contribution is -2.47. The molecule has 0 aromatic heterocycles. The molecule has 1 fully saturated rings. The van der Waals surface area contributed by atoms with Crippen LogP contribution >= 0.6 is 24.0 Å². The minimum absolute atomic E-state index is 0. The third-order valence-corrected chi connectivity index (χ3v) is 6.77. The molecule has 1 aliphatic rings. The number of rotatable bonds is 7. The van der Waals surface area contributed by atoms with Gasteiger partial charge in [0.1, 0.15) is 5.82 Å². The molecule has 9 heteroatoms. The number of hydrogen-bond donors (Lipinski definition) is 2. The second-order valence-electron chi connectivity index (χ2n) is 6.57. The zero-order valence-electron chi connectivity index (χ0n) is 15.8. The van der Waals surface area contributed by atoms with Crippen LogP contribution in [0.25, 0.3) is 0 Å². The predicted molar refractivity (Wildman–Crippen MR) is 117 cm³/mol. The molecule has 0 bridgehead atoms. The van der Waals surface area contributed by atoms with Gasteiger partial charge in [0.25, 0.3) is 0 Å². The van der Waals surface area contributed by atoms with Crippen molar-refractivity contribution in [2.24, 2.45) is 4.99 Å². The maximum absolute atomic E-state index is 13.2. The highest BCUT2D eigenvalue weighted by Crippen LogP contribution is 2.29. The molecule has 0 spiro atoms. The average Bonchev–Trinajstić information content (AvgIpc) is 2.59. The zero-order chi connectivity index (χ0) is 19.0. The van der Waals surface area contributed by atoms with Crippen LogP contribution in [0.2, 0.25) is 0 Å². The molecule has 27 heavy (non-hydrogen) atoms. The summed E-state index contributed by atoms with van der Waals surface area (Å²) in [6.45, 7) is 4.26. The van der Waals surface area contributed by atoms with Gasteiger partial charge in [-0.3, -0.25) is 4.99 Å². The van der Waals surface area contributed by atoms with Crippen LogP contribution in [-0.4, -0.2) is 58.2 Å². The van der Waals surface area contributed by atoms with Crippen LogP contribution in [0.5, 0.6) is 0 Å².